The molecule has 2 aromatic rings. The van der Waals surface area contributed by atoms with Crippen LogP contribution >= 0.6 is 0 Å². The van der Waals surface area contributed by atoms with Crippen molar-refractivity contribution in [3.8, 4) is 5.75 Å². The Morgan fingerprint density at radius 3 is 2.13 bits per heavy atom. The molecule has 0 bridgehead atoms. The number of fused-ring (bicyclic) bond motifs is 1. The molecule has 1 aromatic carbocycles. The Morgan fingerprint density at radius 2 is 1.61 bits per heavy atom. The lowest BCUT2D eigenvalue weighted by molar-refractivity contribution is -0.742. The number of nitrogens with zero attached hydrogens (tertiary/aromatic N) is 4. The number of aromatic nitrogens is 1. The quantitative estimate of drug-likeness (QED) is 0.194. The summed E-state index contributed by atoms with van der Waals surface area (Å²) in [7, 11) is 1.65. The summed E-state index contributed by atoms with van der Waals surface area (Å²) in [6.45, 7) is 3.04. The van der Waals surface area contributed by atoms with Gasteiger partial charge >= 0.3 is 0 Å². The van der Waals surface area contributed by atoms with Crippen molar-refractivity contribution in [1.82, 2.24) is 9.88 Å². The molecule has 0 atom stereocenters. The number of benzene rings is 1. The second-order valence-corrected chi connectivity index (χ2v) is 5.80. The van der Waals surface area contributed by atoms with E-state index in [0.717, 1.165) is 42.0 Å². The third-order valence-electron chi connectivity index (χ3n) is 3.69. The van der Waals surface area contributed by atoms with Crippen LogP contribution in [-0.2, 0) is 0 Å². The van der Waals surface area contributed by atoms with Gasteiger partial charge in [0.25, 0.3) is 10.2 Å². The number of pyridine rings is 1. The first kappa shape index (κ1) is 27.5. The number of rotatable bonds is 10. The van der Waals surface area contributed by atoms with Crippen LogP contribution in [0.25, 0.3) is 10.9 Å². The van der Waals surface area contributed by atoms with Gasteiger partial charge in [0.05, 0.1) is 25.8 Å². The van der Waals surface area contributed by atoms with Gasteiger partial charge in [0, 0.05) is 25.0 Å². The third kappa shape index (κ3) is 14.2. The third-order valence-corrected chi connectivity index (χ3v) is 3.69. The number of hydrogen-bond donors (Lipinski definition) is 5. The van der Waals surface area contributed by atoms with Gasteiger partial charge in [-0.15, -0.1) is 20.2 Å². The van der Waals surface area contributed by atoms with Gasteiger partial charge in [0.2, 0.25) is 0 Å². The van der Waals surface area contributed by atoms with E-state index in [9.17, 15) is 0 Å². The first-order valence-corrected chi connectivity index (χ1v) is 9.02. The normalized spacial score (nSPS) is 9.81. The van der Waals surface area contributed by atoms with Crippen molar-refractivity contribution in [1.29, 1.82) is 0 Å². The number of aliphatic hydroxyl groups excluding tert-OH is 2. The van der Waals surface area contributed by atoms with E-state index in [0.29, 0.717) is 13.1 Å². The summed E-state index contributed by atoms with van der Waals surface area (Å²) >= 11 is 0. The SMILES string of the molecule is COc1ccc2nc(NCCCN(CCO)CCO)ccc2c1.O=[N+]([O-])O.O=[N+]([O-])O. The maximum Gasteiger partial charge on any atom is 0.291 e. The molecular weight excluding hydrogens is 418 g/mol. The Hall–Kier alpha value is -3.49. The van der Waals surface area contributed by atoms with Crippen LogP contribution in [0, 0.1) is 20.2 Å². The molecule has 1 aromatic heterocycles. The fourth-order valence-corrected chi connectivity index (χ4v) is 2.47. The first-order chi connectivity index (χ1) is 14.7. The molecule has 0 spiro atoms. The molecule has 31 heavy (non-hydrogen) atoms. The predicted molar refractivity (Wildman–Crippen MR) is 110 cm³/mol. The molecule has 0 aliphatic rings. The van der Waals surface area contributed by atoms with E-state index in [1.165, 1.54) is 0 Å². The molecule has 0 saturated heterocycles. The number of hydrogen-bond acceptors (Lipinski definition) is 10. The first-order valence-electron chi connectivity index (χ1n) is 9.02. The Kier molecular flexibility index (Phi) is 14.5. The Balaban J connectivity index is 0.000000967. The summed E-state index contributed by atoms with van der Waals surface area (Å²) in [5.74, 6) is 1.67. The number of aliphatic hydroxyl groups is 2. The van der Waals surface area contributed by atoms with Gasteiger partial charge in [0.1, 0.15) is 11.6 Å². The lowest BCUT2D eigenvalue weighted by Gasteiger charge is -2.20. The van der Waals surface area contributed by atoms with E-state index in [2.05, 4.69) is 10.3 Å². The van der Waals surface area contributed by atoms with Crippen LogP contribution in [0.3, 0.4) is 0 Å². The highest BCUT2D eigenvalue weighted by molar-refractivity contribution is 5.81. The highest BCUT2D eigenvalue weighted by Crippen LogP contribution is 2.20. The van der Waals surface area contributed by atoms with Gasteiger partial charge in [0.15, 0.2) is 0 Å². The number of anilines is 1. The van der Waals surface area contributed by atoms with Crippen molar-refractivity contribution in [2.75, 3.05) is 51.8 Å². The van der Waals surface area contributed by atoms with Crippen LogP contribution in [0.5, 0.6) is 5.75 Å². The minimum Gasteiger partial charge on any atom is -0.497 e. The van der Waals surface area contributed by atoms with E-state index in [4.69, 9.17) is 45.6 Å². The summed E-state index contributed by atoms with van der Waals surface area (Å²) in [6, 6.07) is 9.80. The summed E-state index contributed by atoms with van der Waals surface area (Å²) in [6.07, 6.45) is 0.919. The standard InChI is InChI=1S/C17H25N3O3.2HNO3/c1-23-15-4-5-16-14(13-15)3-6-17(19-16)18-7-2-8-20(9-11-21)10-12-22;2*2-1(3)4/h3-6,13,21-22H,2,7-12H2,1H3,(H,18,19);2*(H,2,3,4). The summed E-state index contributed by atoms with van der Waals surface area (Å²) in [5, 5.41) is 49.6. The summed E-state index contributed by atoms with van der Waals surface area (Å²) in [4.78, 5) is 23.3. The smallest absolute Gasteiger partial charge is 0.291 e. The molecule has 14 heteroatoms. The van der Waals surface area contributed by atoms with Gasteiger partial charge in [-0.25, -0.2) is 4.98 Å². The van der Waals surface area contributed by atoms with Crippen LogP contribution in [0.2, 0.25) is 0 Å². The number of methoxy groups -OCH3 is 1. The Morgan fingerprint density at radius 1 is 1.03 bits per heavy atom. The maximum atomic E-state index is 8.98. The molecule has 1 heterocycles. The van der Waals surface area contributed by atoms with Crippen molar-refractivity contribution in [3.05, 3.63) is 50.6 Å². The minimum absolute atomic E-state index is 0.114. The molecule has 0 amide bonds. The van der Waals surface area contributed by atoms with Crippen molar-refractivity contribution in [3.63, 3.8) is 0 Å². The van der Waals surface area contributed by atoms with Gasteiger partial charge in [-0.3, -0.25) is 4.90 Å². The van der Waals surface area contributed by atoms with E-state index >= 15 is 0 Å². The van der Waals surface area contributed by atoms with Crippen LogP contribution in [0.15, 0.2) is 30.3 Å². The zero-order valence-electron chi connectivity index (χ0n) is 17.0. The fraction of sp³-hybridized carbons (Fsp3) is 0.471. The van der Waals surface area contributed by atoms with E-state index in [1.54, 1.807) is 7.11 Å². The molecular formula is C17H27N5O9. The van der Waals surface area contributed by atoms with E-state index < -0.39 is 10.2 Å². The lowest BCUT2D eigenvalue weighted by atomic mass is 10.2. The average Bonchev–Trinajstić information content (AvgIpc) is 2.70. The minimum atomic E-state index is -1.50. The van der Waals surface area contributed by atoms with Crippen molar-refractivity contribution < 1.29 is 35.5 Å². The fourth-order valence-electron chi connectivity index (χ4n) is 2.47. The Bertz CT molecular complexity index is 768. The van der Waals surface area contributed by atoms with Crippen LogP contribution in [-0.4, -0.2) is 87.2 Å². The molecule has 174 valence electrons. The molecule has 5 N–H and O–H groups in total. The van der Waals surface area contributed by atoms with E-state index in [1.807, 2.05) is 35.2 Å². The molecule has 2 rings (SSSR count). The number of nitrogens with one attached hydrogen (secondary N) is 1. The van der Waals surface area contributed by atoms with Crippen molar-refractivity contribution >= 4 is 16.7 Å². The van der Waals surface area contributed by atoms with Gasteiger partial charge < -0.3 is 30.7 Å². The van der Waals surface area contributed by atoms with Crippen LogP contribution in [0.4, 0.5) is 5.82 Å². The topological polar surface area (TPSA) is 205 Å². The molecule has 0 saturated carbocycles. The summed E-state index contributed by atoms with van der Waals surface area (Å²) in [5.41, 5.74) is 0.929. The largest absolute Gasteiger partial charge is 0.497 e. The monoisotopic (exact) mass is 445 g/mol. The Labute approximate surface area is 177 Å². The number of ether oxygens (including phenoxy) is 1. The van der Waals surface area contributed by atoms with E-state index in [-0.39, 0.29) is 13.2 Å². The lowest BCUT2D eigenvalue weighted by Crippen LogP contribution is -2.31. The second-order valence-electron chi connectivity index (χ2n) is 5.80. The van der Waals surface area contributed by atoms with Crippen LogP contribution < -0.4 is 10.1 Å². The molecule has 0 aliphatic carbocycles. The van der Waals surface area contributed by atoms with Gasteiger partial charge in [-0.05, 0) is 43.3 Å². The average molecular weight is 445 g/mol. The zero-order chi connectivity index (χ0) is 23.6. The van der Waals surface area contributed by atoms with Gasteiger partial charge in [-0.2, -0.15) is 0 Å². The zero-order valence-corrected chi connectivity index (χ0v) is 17.0. The predicted octanol–water partition coefficient (Wildman–Crippen LogP) is 0.637. The summed E-state index contributed by atoms with van der Waals surface area (Å²) < 4.78 is 5.21. The van der Waals surface area contributed by atoms with Gasteiger partial charge in [-0.1, -0.05) is 0 Å². The molecule has 0 fully saturated rings. The molecule has 0 unspecified atom stereocenters. The van der Waals surface area contributed by atoms with Crippen LogP contribution in [0.1, 0.15) is 6.42 Å². The second kappa shape index (κ2) is 16.3. The van der Waals surface area contributed by atoms with Crippen molar-refractivity contribution in [2.45, 2.75) is 6.42 Å². The molecule has 0 aliphatic heterocycles. The maximum absolute atomic E-state index is 8.98. The molecule has 0 radical (unpaired) electrons. The highest BCUT2D eigenvalue weighted by Gasteiger charge is 2.04. The molecule has 14 nitrogen and oxygen atoms in total. The van der Waals surface area contributed by atoms with Crippen molar-refractivity contribution in [2.24, 2.45) is 0 Å². The highest BCUT2D eigenvalue weighted by atomic mass is 16.9.